The molecule has 0 saturated carbocycles. The standard InChI is InChI=1S/C12H16ClNO3/c1-8(2)17-11-4-3-9(5-10(11)13)6-14-7-12(15)16/h3-5,8,14H,6-7H2,1-2H3,(H,15,16). The first kappa shape index (κ1) is 13.8. The zero-order valence-electron chi connectivity index (χ0n) is 9.87. The van der Waals surface area contributed by atoms with Crippen molar-refractivity contribution in [2.75, 3.05) is 6.54 Å². The number of carboxylic acids is 1. The Morgan fingerprint density at radius 3 is 2.76 bits per heavy atom. The second-order valence-corrected chi connectivity index (χ2v) is 4.34. The second kappa shape index (κ2) is 6.47. The van der Waals surface area contributed by atoms with Crippen LogP contribution in [0, 0.1) is 0 Å². The molecule has 94 valence electrons. The summed E-state index contributed by atoms with van der Waals surface area (Å²) >= 11 is 6.05. The van der Waals surface area contributed by atoms with E-state index in [2.05, 4.69) is 5.32 Å². The van der Waals surface area contributed by atoms with E-state index < -0.39 is 5.97 Å². The van der Waals surface area contributed by atoms with E-state index in [1.807, 2.05) is 19.9 Å². The Bertz CT molecular complexity index is 393. The molecule has 0 aliphatic carbocycles. The summed E-state index contributed by atoms with van der Waals surface area (Å²) in [5.74, 6) is -0.237. The van der Waals surface area contributed by atoms with Crippen molar-refractivity contribution < 1.29 is 14.6 Å². The van der Waals surface area contributed by atoms with E-state index in [-0.39, 0.29) is 12.6 Å². The Labute approximate surface area is 106 Å². The molecule has 5 heteroatoms. The SMILES string of the molecule is CC(C)Oc1ccc(CNCC(=O)O)cc1Cl. The molecule has 1 rings (SSSR count). The number of benzene rings is 1. The van der Waals surface area contributed by atoms with Gasteiger partial charge in [-0.25, -0.2) is 0 Å². The van der Waals surface area contributed by atoms with E-state index in [4.69, 9.17) is 21.4 Å². The molecule has 2 N–H and O–H groups in total. The highest BCUT2D eigenvalue weighted by atomic mass is 35.5. The van der Waals surface area contributed by atoms with Crippen molar-refractivity contribution in [1.82, 2.24) is 5.32 Å². The van der Waals surface area contributed by atoms with Crippen molar-refractivity contribution in [3.8, 4) is 5.75 Å². The van der Waals surface area contributed by atoms with Gasteiger partial charge < -0.3 is 15.2 Å². The van der Waals surface area contributed by atoms with E-state index >= 15 is 0 Å². The first-order chi connectivity index (χ1) is 7.99. The lowest BCUT2D eigenvalue weighted by molar-refractivity contribution is -0.135. The van der Waals surface area contributed by atoms with E-state index in [1.54, 1.807) is 12.1 Å². The number of aliphatic carboxylic acids is 1. The van der Waals surface area contributed by atoms with Crippen LogP contribution in [0.15, 0.2) is 18.2 Å². The normalized spacial score (nSPS) is 10.6. The van der Waals surface area contributed by atoms with Gasteiger partial charge in [0.15, 0.2) is 0 Å². The van der Waals surface area contributed by atoms with E-state index in [0.29, 0.717) is 17.3 Å². The number of hydrogen-bond donors (Lipinski definition) is 2. The third kappa shape index (κ3) is 5.06. The van der Waals surface area contributed by atoms with Crippen LogP contribution < -0.4 is 10.1 Å². The lowest BCUT2D eigenvalue weighted by Gasteiger charge is -2.12. The molecule has 0 bridgehead atoms. The third-order valence-corrected chi connectivity index (χ3v) is 2.26. The van der Waals surface area contributed by atoms with Gasteiger partial charge in [0.1, 0.15) is 5.75 Å². The largest absolute Gasteiger partial charge is 0.489 e. The van der Waals surface area contributed by atoms with Gasteiger partial charge in [0, 0.05) is 6.54 Å². The minimum absolute atomic E-state index is 0.0676. The highest BCUT2D eigenvalue weighted by Crippen LogP contribution is 2.26. The number of hydrogen-bond acceptors (Lipinski definition) is 3. The fraction of sp³-hybridized carbons (Fsp3) is 0.417. The maximum absolute atomic E-state index is 10.3. The number of nitrogens with one attached hydrogen (secondary N) is 1. The molecule has 1 aromatic carbocycles. The predicted molar refractivity (Wildman–Crippen MR) is 66.6 cm³/mol. The lowest BCUT2D eigenvalue weighted by Crippen LogP contribution is -2.21. The van der Waals surface area contributed by atoms with Crippen LogP contribution in [0.3, 0.4) is 0 Å². The molecule has 0 amide bonds. The molecule has 0 aromatic heterocycles. The van der Waals surface area contributed by atoms with Crippen LogP contribution in [-0.4, -0.2) is 23.7 Å². The van der Waals surface area contributed by atoms with Crippen LogP contribution in [0.2, 0.25) is 5.02 Å². The summed E-state index contributed by atoms with van der Waals surface area (Å²) in [5.41, 5.74) is 0.923. The average Bonchev–Trinajstić information content (AvgIpc) is 2.21. The molecule has 0 aliphatic rings. The molecular weight excluding hydrogens is 242 g/mol. The van der Waals surface area contributed by atoms with E-state index in [9.17, 15) is 4.79 Å². The van der Waals surface area contributed by atoms with Crippen molar-refractivity contribution in [1.29, 1.82) is 0 Å². The Hall–Kier alpha value is -1.26. The van der Waals surface area contributed by atoms with Crippen LogP contribution in [0.25, 0.3) is 0 Å². The summed E-state index contributed by atoms with van der Waals surface area (Å²) in [7, 11) is 0. The molecular formula is C12H16ClNO3. The molecule has 0 aliphatic heterocycles. The molecule has 0 fully saturated rings. The number of halogens is 1. The molecule has 4 nitrogen and oxygen atoms in total. The Morgan fingerprint density at radius 1 is 1.53 bits per heavy atom. The monoisotopic (exact) mass is 257 g/mol. The highest BCUT2D eigenvalue weighted by molar-refractivity contribution is 6.32. The van der Waals surface area contributed by atoms with Crippen molar-refractivity contribution in [2.24, 2.45) is 0 Å². The molecule has 0 spiro atoms. The fourth-order valence-corrected chi connectivity index (χ4v) is 1.57. The first-order valence-electron chi connectivity index (χ1n) is 5.36. The zero-order chi connectivity index (χ0) is 12.8. The number of carboxylic acid groups (broad SMARTS) is 1. The summed E-state index contributed by atoms with van der Waals surface area (Å²) in [4.78, 5) is 10.3. The summed E-state index contributed by atoms with van der Waals surface area (Å²) in [6, 6.07) is 5.42. The van der Waals surface area contributed by atoms with E-state index in [0.717, 1.165) is 5.56 Å². The molecule has 0 atom stereocenters. The first-order valence-corrected chi connectivity index (χ1v) is 5.74. The predicted octanol–water partition coefficient (Wildman–Crippen LogP) is 2.30. The molecule has 17 heavy (non-hydrogen) atoms. The number of carbonyl (C=O) groups is 1. The molecule has 0 saturated heterocycles. The molecule has 0 radical (unpaired) electrons. The van der Waals surface area contributed by atoms with Crippen molar-refractivity contribution >= 4 is 17.6 Å². The van der Waals surface area contributed by atoms with Crippen molar-refractivity contribution in [3.05, 3.63) is 28.8 Å². The fourth-order valence-electron chi connectivity index (χ4n) is 1.32. The van der Waals surface area contributed by atoms with Gasteiger partial charge >= 0.3 is 5.97 Å². The highest BCUT2D eigenvalue weighted by Gasteiger charge is 2.05. The smallest absolute Gasteiger partial charge is 0.317 e. The summed E-state index contributed by atoms with van der Waals surface area (Å²) in [6.45, 7) is 4.26. The van der Waals surface area contributed by atoms with Crippen LogP contribution in [0.4, 0.5) is 0 Å². The third-order valence-electron chi connectivity index (χ3n) is 1.96. The van der Waals surface area contributed by atoms with Gasteiger partial charge in [-0.15, -0.1) is 0 Å². The summed E-state index contributed by atoms with van der Waals surface area (Å²) in [6.07, 6.45) is 0.0727. The van der Waals surface area contributed by atoms with E-state index in [1.165, 1.54) is 0 Å². The zero-order valence-corrected chi connectivity index (χ0v) is 10.6. The van der Waals surface area contributed by atoms with Gasteiger partial charge in [-0.1, -0.05) is 17.7 Å². The minimum atomic E-state index is -0.879. The Balaban J connectivity index is 2.59. The van der Waals surface area contributed by atoms with Gasteiger partial charge in [0.05, 0.1) is 17.7 Å². The van der Waals surface area contributed by atoms with Crippen molar-refractivity contribution in [3.63, 3.8) is 0 Å². The quantitative estimate of drug-likeness (QED) is 0.821. The van der Waals surface area contributed by atoms with Gasteiger partial charge in [-0.3, -0.25) is 4.79 Å². The number of ether oxygens (including phenoxy) is 1. The summed E-state index contributed by atoms with van der Waals surface area (Å²) in [5, 5.41) is 11.8. The van der Waals surface area contributed by atoms with Crippen LogP contribution in [0.1, 0.15) is 19.4 Å². The minimum Gasteiger partial charge on any atom is -0.489 e. The number of rotatable bonds is 6. The second-order valence-electron chi connectivity index (χ2n) is 3.93. The van der Waals surface area contributed by atoms with Crippen LogP contribution in [-0.2, 0) is 11.3 Å². The maximum atomic E-state index is 10.3. The van der Waals surface area contributed by atoms with Crippen molar-refractivity contribution in [2.45, 2.75) is 26.5 Å². The molecule has 0 heterocycles. The van der Waals surface area contributed by atoms with Gasteiger partial charge in [-0.2, -0.15) is 0 Å². The lowest BCUT2D eigenvalue weighted by atomic mass is 10.2. The molecule has 1 aromatic rings. The summed E-state index contributed by atoms with van der Waals surface area (Å²) < 4.78 is 5.50. The topological polar surface area (TPSA) is 58.6 Å². The van der Waals surface area contributed by atoms with Gasteiger partial charge in [-0.05, 0) is 31.5 Å². The average molecular weight is 258 g/mol. The van der Waals surface area contributed by atoms with Crippen LogP contribution in [0.5, 0.6) is 5.75 Å². The maximum Gasteiger partial charge on any atom is 0.317 e. The van der Waals surface area contributed by atoms with Crippen LogP contribution >= 0.6 is 11.6 Å². The van der Waals surface area contributed by atoms with Gasteiger partial charge in [0.25, 0.3) is 0 Å². The Morgan fingerprint density at radius 2 is 2.24 bits per heavy atom. The Kier molecular flexibility index (Phi) is 5.25. The van der Waals surface area contributed by atoms with Gasteiger partial charge in [0.2, 0.25) is 0 Å². The molecule has 0 unspecified atom stereocenters.